The van der Waals surface area contributed by atoms with E-state index in [4.69, 9.17) is 0 Å². The van der Waals surface area contributed by atoms with Gasteiger partial charge >= 0.3 is 64.9 Å². The number of nitrogens with zero attached hydrogens (tertiary/aromatic N) is 2. The number of ketones is 1. The second-order valence-corrected chi connectivity index (χ2v) is 39.6. The summed E-state index contributed by atoms with van der Waals surface area (Å²) in [5.74, 6) is 0.407. The quantitative estimate of drug-likeness (QED) is 0.465. The summed E-state index contributed by atoms with van der Waals surface area (Å²) in [6.45, 7) is 4.84. The van der Waals surface area contributed by atoms with Crippen molar-refractivity contribution in [2.24, 2.45) is 0 Å². The van der Waals surface area contributed by atoms with Gasteiger partial charge < -0.3 is 4.57 Å². The number of hydrogen-bond donors (Lipinski definition) is 0. The van der Waals surface area contributed by atoms with Gasteiger partial charge in [-0.1, -0.05) is 0 Å². The van der Waals surface area contributed by atoms with E-state index < -0.39 is 0 Å². The van der Waals surface area contributed by atoms with E-state index in [-0.39, 0.29) is 4.92 Å². The molecule has 0 atom stereocenters. The molecule has 2 rings (SSSR count). The Labute approximate surface area is 146 Å². The van der Waals surface area contributed by atoms with Gasteiger partial charge in [0.05, 0.1) is 6.67 Å². The number of likely N-dealkylation sites (tertiary alicyclic amines) is 1. The van der Waals surface area contributed by atoms with Crippen LogP contribution in [0.3, 0.4) is 0 Å². The Morgan fingerprint density at radius 3 is 2.28 bits per heavy atom. The first-order valence-electron chi connectivity index (χ1n) is 5.61. The van der Waals surface area contributed by atoms with Gasteiger partial charge in [-0.3, -0.25) is 9.69 Å². The Bertz CT molecular complexity index is 371. The first kappa shape index (κ1) is 17.7. The molecular formula is C11H16I3N2OV. The topological polar surface area (TPSA) is 25.2 Å². The molecule has 0 unspecified atom stereocenters. The second-order valence-electron chi connectivity index (χ2n) is 4.19. The molecule has 0 radical (unpaired) electrons. The fourth-order valence-electron chi connectivity index (χ4n) is 1.82. The molecule has 1 aliphatic heterocycles. The van der Waals surface area contributed by atoms with E-state index in [0.717, 1.165) is 32.6 Å². The Morgan fingerprint density at radius 1 is 1.28 bits per heavy atom. The van der Waals surface area contributed by atoms with Crippen molar-refractivity contribution < 1.29 is 9.72 Å². The summed E-state index contributed by atoms with van der Waals surface area (Å²) in [4.78, 5) is 13.1. The van der Waals surface area contributed by atoms with Crippen molar-refractivity contribution in [1.29, 1.82) is 0 Å². The number of aryl methyl sites for hydroxylation is 1. The average molecular weight is 624 g/mol. The van der Waals surface area contributed by atoms with E-state index in [1.165, 1.54) is 5.56 Å². The van der Waals surface area contributed by atoms with Crippen LogP contribution in [0.1, 0.15) is 18.4 Å². The molecule has 1 aromatic rings. The van der Waals surface area contributed by atoms with Crippen molar-refractivity contribution in [3.05, 3.63) is 24.0 Å². The second kappa shape index (κ2) is 9.59. The van der Waals surface area contributed by atoms with E-state index in [0.29, 0.717) is 5.78 Å². The molecule has 1 aromatic heterocycles. The minimum absolute atomic E-state index is 0.278. The molecule has 0 aromatic carbocycles. The van der Waals surface area contributed by atoms with Gasteiger partial charge in [-0.05, 0) is 18.6 Å². The van der Waals surface area contributed by atoms with E-state index >= 15 is 0 Å². The molecule has 0 aliphatic carbocycles. The Morgan fingerprint density at radius 2 is 1.83 bits per heavy atom. The monoisotopic (exact) mass is 624 g/mol. The zero-order chi connectivity index (χ0) is 13.5. The first-order chi connectivity index (χ1) is 8.47. The maximum absolute atomic E-state index is 11.0. The number of halogens is 3. The summed E-state index contributed by atoms with van der Waals surface area (Å²) < 4.78 is 2.17. The number of Topliss-reactive ketones (excluding diaryl/α,β-unsaturated/α-hetero) is 1. The van der Waals surface area contributed by atoms with Gasteiger partial charge in [0.15, 0.2) is 0 Å². The van der Waals surface area contributed by atoms with Crippen LogP contribution in [0.2, 0.25) is 0 Å². The Hall–Kier alpha value is 1.68. The molecule has 0 N–H and O–H groups in total. The van der Waals surface area contributed by atoms with Crippen molar-refractivity contribution in [3.63, 3.8) is 0 Å². The average Bonchev–Trinajstić information content (AvgIpc) is 2.67. The van der Waals surface area contributed by atoms with E-state index in [2.05, 4.69) is 94.8 Å². The molecule has 1 saturated heterocycles. The number of hydrogen-bond acceptors (Lipinski definition) is 2. The Balaban J connectivity index is 0.000000357. The predicted octanol–water partition coefficient (Wildman–Crippen LogP) is 4.07. The molecule has 3 nitrogen and oxygen atoms in total. The predicted molar refractivity (Wildman–Crippen MR) is 97.0 cm³/mol. The zero-order valence-electron chi connectivity index (χ0n) is 10.2. The van der Waals surface area contributed by atoms with E-state index in [1.54, 1.807) is 0 Å². The van der Waals surface area contributed by atoms with Crippen molar-refractivity contribution >= 4 is 65.7 Å². The van der Waals surface area contributed by atoms with Crippen LogP contribution in [0.15, 0.2) is 18.5 Å². The van der Waals surface area contributed by atoms with Crippen LogP contribution in [0.25, 0.3) is 0 Å². The van der Waals surface area contributed by atoms with Crippen LogP contribution in [-0.2, 0) is 16.4 Å². The number of aromatic nitrogens is 1. The molecule has 0 bridgehead atoms. The number of carbonyl (C=O) groups is 1. The van der Waals surface area contributed by atoms with Gasteiger partial charge in [-0.2, -0.15) is 0 Å². The summed E-state index contributed by atoms with van der Waals surface area (Å²) >= 11 is 7.39. The van der Waals surface area contributed by atoms with Crippen molar-refractivity contribution in [2.75, 3.05) is 13.1 Å². The molecule has 1 fully saturated rings. The van der Waals surface area contributed by atoms with Crippen LogP contribution < -0.4 is 0 Å². The fourth-order valence-corrected chi connectivity index (χ4v) is 1.82. The normalized spacial score (nSPS) is 16.6. The molecule has 0 amide bonds. The fraction of sp³-hybridized carbons (Fsp3) is 0.545. The third kappa shape index (κ3) is 8.08. The van der Waals surface area contributed by atoms with Gasteiger partial charge in [0.1, 0.15) is 5.78 Å². The summed E-state index contributed by atoms with van der Waals surface area (Å²) in [7, 11) is 0. The Kier molecular flexibility index (Phi) is 9.45. The van der Waals surface area contributed by atoms with Crippen LogP contribution in [0.5, 0.6) is 0 Å². The van der Waals surface area contributed by atoms with Gasteiger partial charge in [0.2, 0.25) is 0 Å². The molecule has 2 heterocycles. The molecule has 0 saturated carbocycles. The first-order valence-corrected chi connectivity index (χ1v) is 19.1. The number of rotatable bonds is 2. The summed E-state index contributed by atoms with van der Waals surface area (Å²) in [6.07, 6.45) is 5.67. The van der Waals surface area contributed by atoms with Crippen molar-refractivity contribution in [2.45, 2.75) is 26.4 Å². The van der Waals surface area contributed by atoms with Gasteiger partial charge in [0, 0.05) is 38.3 Å². The van der Waals surface area contributed by atoms with Gasteiger partial charge in [0.25, 0.3) is 0 Å². The molecule has 1 aliphatic rings. The summed E-state index contributed by atoms with van der Waals surface area (Å²) in [6, 6.07) is 2.11. The van der Waals surface area contributed by atoms with Crippen LogP contribution in [0, 0.1) is 6.92 Å². The van der Waals surface area contributed by atoms with Crippen LogP contribution in [-0.4, -0.2) is 28.3 Å². The van der Waals surface area contributed by atoms with Crippen LogP contribution in [0.4, 0.5) is 0 Å². The standard InChI is InChI=1S/C11H16N2O.3HI.V/c1-10-2-5-13(8-10)9-12-6-3-11(14)4-7-12;;;;/h2,5,8H,3-4,6-7,9H2,1H3;3*1H;/q;;;;+3/p-3. The number of piperidine rings is 1. The maximum atomic E-state index is 11.0. The van der Waals surface area contributed by atoms with Gasteiger partial charge in [-0.15, -0.1) is 0 Å². The molecule has 0 spiro atoms. The summed E-state index contributed by atoms with van der Waals surface area (Å²) in [5, 5.41) is 0. The molecule has 7 heteroatoms. The van der Waals surface area contributed by atoms with Crippen LogP contribution >= 0.6 is 59.9 Å². The zero-order valence-corrected chi connectivity index (χ0v) is 18.0. The SMILES string of the molecule is Cc1ccn(CN2CCC(=O)CC2)c1.[I][V]([I])[I]. The van der Waals surface area contributed by atoms with Crippen molar-refractivity contribution in [3.8, 4) is 0 Å². The number of carbonyl (C=O) groups excluding carboxylic acids is 1. The third-order valence-electron chi connectivity index (χ3n) is 2.68. The molecule has 102 valence electrons. The minimum atomic E-state index is -0.278. The molecular weight excluding hydrogens is 608 g/mol. The van der Waals surface area contributed by atoms with E-state index in [1.807, 2.05) is 0 Å². The third-order valence-corrected chi connectivity index (χ3v) is 2.68. The van der Waals surface area contributed by atoms with Crippen molar-refractivity contribution in [1.82, 2.24) is 9.47 Å². The van der Waals surface area contributed by atoms with E-state index in [9.17, 15) is 4.79 Å². The summed E-state index contributed by atoms with van der Waals surface area (Å²) in [5.41, 5.74) is 1.29. The molecule has 18 heavy (non-hydrogen) atoms. The van der Waals surface area contributed by atoms with Gasteiger partial charge in [-0.25, -0.2) is 0 Å².